The number of imide groups is 1. The second-order valence-corrected chi connectivity index (χ2v) is 5.64. The highest BCUT2D eigenvalue weighted by atomic mass is 16.2. The molecule has 0 aromatic carbocycles. The lowest BCUT2D eigenvalue weighted by Crippen LogP contribution is -2.37. The molecule has 0 saturated carbocycles. The predicted octanol–water partition coefficient (Wildman–Crippen LogP) is 1.16. The van der Waals surface area contributed by atoms with Gasteiger partial charge in [0, 0.05) is 19.4 Å². The lowest BCUT2D eigenvalue weighted by atomic mass is 9.78. The maximum Gasteiger partial charge on any atom is 0.235 e. The van der Waals surface area contributed by atoms with Gasteiger partial charge in [0.15, 0.2) is 0 Å². The second-order valence-electron chi connectivity index (χ2n) is 5.64. The van der Waals surface area contributed by atoms with Gasteiger partial charge in [0.05, 0.1) is 5.41 Å². The molecule has 0 aliphatic carbocycles. The molecule has 1 aromatic rings. The molecule has 0 spiro atoms. The number of nitrogens with zero attached hydrogens (tertiary/aromatic N) is 3. The normalized spacial score (nSPS) is 23.7. The number of nitrogens with one attached hydrogen (secondary N) is 1. The van der Waals surface area contributed by atoms with Gasteiger partial charge in [-0.1, -0.05) is 13.8 Å². The summed E-state index contributed by atoms with van der Waals surface area (Å²) in [7, 11) is 0. The number of hydrogen-bond donors (Lipinski definition) is 1. The number of likely N-dealkylation sites (tertiary alicyclic amines) is 1. The van der Waals surface area contributed by atoms with Crippen molar-refractivity contribution in [3.63, 3.8) is 0 Å². The van der Waals surface area contributed by atoms with Crippen LogP contribution < -0.4 is 0 Å². The highest BCUT2D eigenvalue weighted by Crippen LogP contribution is 2.39. The Labute approximate surface area is 112 Å². The van der Waals surface area contributed by atoms with E-state index in [1.165, 1.54) is 11.2 Å². The Kier molecular flexibility index (Phi) is 3.68. The van der Waals surface area contributed by atoms with Gasteiger partial charge in [0.1, 0.15) is 12.2 Å². The number of rotatable bonds is 5. The quantitative estimate of drug-likeness (QED) is 0.809. The van der Waals surface area contributed by atoms with Crippen molar-refractivity contribution < 1.29 is 9.59 Å². The summed E-state index contributed by atoms with van der Waals surface area (Å²) in [6.07, 6.45) is 3.18. The standard InChI is InChI=1S/C13H20N4O2/c1-9(2)13(3)7-11(18)17(12(13)19)6-4-5-10-14-8-15-16-10/h8-9H,4-7H2,1-3H3,(H,14,15,16). The number of carbonyl (C=O) groups is 2. The van der Waals surface area contributed by atoms with Crippen LogP contribution in [-0.4, -0.2) is 38.4 Å². The van der Waals surface area contributed by atoms with Gasteiger partial charge in [-0.05, 0) is 19.3 Å². The van der Waals surface area contributed by atoms with Gasteiger partial charge in [0.25, 0.3) is 0 Å². The van der Waals surface area contributed by atoms with Crippen LogP contribution in [0.5, 0.6) is 0 Å². The summed E-state index contributed by atoms with van der Waals surface area (Å²) in [4.78, 5) is 29.7. The van der Waals surface area contributed by atoms with E-state index in [-0.39, 0.29) is 17.7 Å². The molecule has 2 heterocycles. The van der Waals surface area contributed by atoms with Crippen molar-refractivity contribution in [3.05, 3.63) is 12.2 Å². The van der Waals surface area contributed by atoms with Crippen LogP contribution in [0.1, 0.15) is 39.4 Å². The molecule has 6 nitrogen and oxygen atoms in total. The SMILES string of the molecule is CC(C)C1(C)CC(=O)N(CCCc2ncn[nH]2)C1=O. The molecule has 1 aliphatic heterocycles. The molecule has 1 aromatic heterocycles. The topological polar surface area (TPSA) is 79.0 Å². The van der Waals surface area contributed by atoms with Gasteiger partial charge in [0.2, 0.25) is 11.8 Å². The van der Waals surface area contributed by atoms with E-state index in [4.69, 9.17) is 0 Å². The number of carbonyl (C=O) groups excluding carboxylic acids is 2. The van der Waals surface area contributed by atoms with Gasteiger partial charge in [-0.2, -0.15) is 5.10 Å². The van der Waals surface area contributed by atoms with E-state index in [9.17, 15) is 9.59 Å². The van der Waals surface area contributed by atoms with Crippen molar-refractivity contribution in [1.82, 2.24) is 20.1 Å². The highest BCUT2D eigenvalue weighted by Gasteiger charge is 2.49. The lowest BCUT2D eigenvalue weighted by molar-refractivity contribution is -0.142. The largest absolute Gasteiger partial charge is 0.282 e. The van der Waals surface area contributed by atoms with Crippen molar-refractivity contribution in [3.8, 4) is 0 Å². The molecular weight excluding hydrogens is 244 g/mol. The van der Waals surface area contributed by atoms with Crippen LogP contribution >= 0.6 is 0 Å². The summed E-state index contributed by atoms with van der Waals surface area (Å²) in [6.45, 7) is 6.32. The highest BCUT2D eigenvalue weighted by molar-refractivity contribution is 6.05. The third kappa shape index (κ3) is 2.52. The van der Waals surface area contributed by atoms with Gasteiger partial charge >= 0.3 is 0 Å². The summed E-state index contributed by atoms with van der Waals surface area (Å²) >= 11 is 0. The summed E-state index contributed by atoms with van der Waals surface area (Å²) in [5.74, 6) is 0.859. The number of aromatic nitrogens is 3. The van der Waals surface area contributed by atoms with E-state index < -0.39 is 5.41 Å². The Morgan fingerprint density at radius 3 is 2.74 bits per heavy atom. The zero-order chi connectivity index (χ0) is 14.0. The molecule has 6 heteroatoms. The summed E-state index contributed by atoms with van der Waals surface area (Å²) in [5.41, 5.74) is -0.538. The van der Waals surface area contributed by atoms with E-state index in [1.54, 1.807) is 0 Å². The molecule has 1 unspecified atom stereocenters. The minimum absolute atomic E-state index is 0.0370. The molecule has 104 valence electrons. The van der Waals surface area contributed by atoms with Crippen molar-refractivity contribution in [1.29, 1.82) is 0 Å². The minimum atomic E-state index is -0.538. The molecule has 0 bridgehead atoms. The van der Waals surface area contributed by atoms with Crippen molar-refractivity contribution in [2.45, 2.75) is 40.0 Å². The monoisotopic (exact) mass is 264 g/mol. The van der Waals surface area contributed by atoms with Crippen LogP contribution in [0.4, 0.5) is 0 Å². The maximum absolute atomic E-state index is 12.3. The van der Waals surface area contributed by atoms with E-state index in [0.717, 1.165) is 5.82 Å². The van der Waals surface area contributed by atoms with Gasteiger partial charge < -0.3 is 0 Å². The van der Waals surface area contributed by atoms with Gasteiger partial charge in [-0.3, -0.25) is 19.6 Å². The van der Waals surface area contributed by atoms with E-state index in [1.807, 2.05) is 20.8 Å². The Morgan fingerprint density at radius 2 is 2.21 bits per heavy atom. The first-order valence-electron chi connectivity index (χ1n) is 6.64. The van der Waals surface area contributed by atoms with E-state index in [2.05, 4.69) is 15.2 Å². The first-order chi connectivity index (χ1) is 8.95. The van der Waals surface area contributed by atoms with E-state index >= 15 is 0 Å². The molecule has 1 saturated heterocycles. The van der Waals surface area contributed by atoms with Crippen LogP contribution in [0.25, 0.3) is 0 Å². The first-order valence-corrected chi connectivity index (χ1v) is 6.64. The summed E-state index contributed by atoms with van der Waals surface area (Å²) in [6, 6.07) is 0. The van der Waals surface area contributed by atoms with Gasteiger partial charge in [-0.15, -0.1) is 0 Å². The minimum Gasteiger partial charge on any atom is -0.282 e. The predicted molar refractivity (Wildman–Crippen MR) is 69.0 cm³/mol. The molecular formula is C13H20N4O2. The Hall–Kier alpha value is -1.72. The Balaban J connectivity index is 1.94. The van der Waals surface area contributed by atoms with Crippen LogP contribution in [-0.2, 0) is 16.0 Å². The average molecular weight is 264 g/mol. The van der Waals surface area contributed by atoms with Crippen LogP contribution in [0, 0.1) is 11.3 Å². The zero-order valence-electron chi connectivity index (χ0n) is 11.6. The fraction of sp³-hybridized carbons (Fsp3) is 0.692. The molecule has 0 radical (unpaired) electrons. The average Bonchev–Trinajstić information content (AvgIpc) is 2.92. The van der Waals surface area contributed by atoms with Crippen molar-refractivity contribution in [2.75, 3.05) is 6.54 Å². The fourth-order valence-corrected chi connectivity index (χ4v) is 2.34. The number of hydrogen-bond acceptors (Lipinski definition) is 4. The molecule has 1 atom stereocenters. The molecule has 19 heavy (non-hydrogen) atoms. The molecule has 1 aliphatic rings. The van der Waals surface area contributed by atoms with E-state index in [0.29, 0.717) is 25.8 Å². The lowest BCUT2D eigenvalue weighted by Gasteiger charge is -2.26. The van der Waals surface area contributed by atoms with Crippen molar-refractivity contribution >= 4 is 11.8 Å². The third-order valence-electron chi connectivity index (χ3n) is 4.09. The van der Waals surface area contributed by atoms with Crippen LogP contribution in [0.2, 0.25) is 0 Å². The number of aryl methyl sites for hydroxylation is 1. The Bertz CT molecular complexity index is 469. The molecule has 2 amide bonds. The van der Waals surface area contributed by atoms with Crippen LogP contribution in [0.15, 0.2) is 6.33 Å². The zero-order valence-corrected chi connectivity index (χ0v) is 11.6. The molecule has 2 rings (SSSR count). The molecule has 1 fully saturated rings. The van der Waals surface area contributed by atoms with Crippen molar-refractivity contribution in [2.24, 2.45) is 11.3 Å². The molecule has 1 N–H and O–H groups in total. The number of amides is 2. The smallest absolute Gasteiger partial charge is 0.235 e. The number of H-pyrrole nitrogens is 1. The third-order valence-corrected chi connectivity index (χ3v) is 4.09. The first kappa shape index (κ1) is 13.7. The van der Waals surface area contributed by atoms with Gasteiger partial charge in [-0.25, -0.2) is 4.98 Å². The van der Waals surface area contributed by atoms with Crippen LogP contribution in [0.3, 0.4) is 0 Å². The summed E-state index contributed by atoms with van der Waals surface area (Å²) < 4.78 is 0. The Morgan fingerprint density at radius 1 is 1.47 bits per heavy atom. The maximum atomic E-state index is 12.3. The summed E-state index contributed by atoms with van der Waals surface area (Å²) in [5, 5.41) is 6.54. The number of aromatic amines is 1. The fourth-order valence-electron chi connectivity index (χ4n) is 2.34. The second kappa shape index (κ2) is 5.11.